The molecule has 0 saturated carbocycles. The van der Waals surface area contributed by atoms with Crippen molar-refractivity contribution in [1.29, 1.82) is 0 Å². The number of nitrogens with zero attached hydrogens (tertiary/aromatic N) is 5. The summed E-state index contributed by atoms with van der Waals surface area (Å²) in [5.74, 6) is 2.48. The molecule has 0 spiro atoms. The van der Waals surface area contributed by atoms with Crippen LogP contribution < -0.4 is 10.5 Å². The Hall–Kier alpha value is -3.73. The lowest BCUT2D eigenvalue weighted by atomic mass is 10.2. The summed E-state index contributed by atoms with van der Waals surface area (Å²) in [6, 6.07) is 9.48. The van der Waals surface area contributed by atoms with Crippen molar-refractivity contribution in [2.24, 2.45) is 0 Å². The number of carbonyl (C=O) groups is 1. The Morgan fingerprint density at radius 1 is 1.18 bits per heavy atom. The quantitative estimate of drug-likeness (QED) is 0.686. The molecule has 8 heteroatoms. The molecule has 0 radical (unpaired) electrons. The molecule has 3 heterocycles. The Morgan fingerprint density at radius 2 is 1.89 bits per heavy atom. The summed E-state index contributed by atoms with van der Waals surface area (Å²) in [5.41, 5.74) is 0.625. The molecule has 28 heavy (non-hydrogen) atoms. The third-order valence-electron chi connectivity index (χ3n) is 4.87. The highest BCUT2D eigenvalue weighted by atomic mass is 16.3. The highest BCUT2D eigenvalue weighted by Crippen LogP contribution is 2.28. The van der Waals surface area contributed by atoms with Crippen LogP contribution in [0.2, 0.25) is 0 Å². The average Bonchev–Trinajstić information content (AvgIpc) is 3.09. The normalized spacial score (nSPS) is 13.7. The molecule has 0 unspecified atom stereocenters. The molecule has 0 saturated heterocycles. The Morgan fingerprint density at radius 3 is 2.57 bits per heavy atom. The molecule has 1 aliphatic rings. The van der Waals surface area contributed by atoms with Crippen LogP contribution in [-0.2, 0) is 13.0 Å². The number of fused-ring (bicyclic) bond motifs is 3. The molecular weight excluding hydrogens is 358 g/mol. The lowest BCUT2D eigenvalue weighted by Crippen LogP contribution is -2.43. The van der Waals surface area contributed by atoms with E-state index in [0.717, 1.165) is 5.56 Å². The van der Waals surface area contributed by atoms with Gasteiger partial charge >= 0.3 is 0 Å². The van der Waals surface area contributed by atoms with Crippen LogP contribution in [0.4, 0.5) is 5.82 Å². The zero-order valence-corrected chi connectivity index (χ0v) is 15.6. The van der Waals surface area contributed by atoms with Gasteiger partial charge in [-0.15, -0.1) is 12.3 Å². The fourth-order valence-corrected chi connectivity index (χ4v) is 3.52. The summed E-state index contributed by atoms with van der Waals surface area (Å²) in [7, 11) is 3.45. The van der Waals surface area contributed by atoms with E-state index in [1.165, 1.54) is 13.9 Å². The largest absolute Gasteiger partial charge is 0.494 e. The van der Waals surface area contributed by atoms with Gasteiger partial charge < -0.3 is 14.9 Å². The number of hydrogen-bond donors (Lipinski definition) is 1. The van der Waals surface area contributed by atoms with Crippen molar-refractivity contribution >= 4 is 17.5 Å². The number of terminal acetylenes is 1. The molecule has 1 N–H and O–H groups in total. The van der Waals surface area contributed by atoms with E-state index >= 15 is 0 Å². The summed E-state index contributed by atoms with van der Waals surface area (Å²) in [6.07, 6.45) is 5.36. The smallest absolute Gasteiger partial charge is 0.276 e. The van der Waals surface area contributed by atoms with Crippen molar-refractivity contribution in [3.05, 3.63) is 57.5 Å². The van der Waals surface area contributed by atoms with Crippen LogP contribution in [0, 0.1) is 12.3 Å². The second-order valence-corrected chi connectivity index (χ2v) is 6.82. The molecule has 2 aromatic heterocycles. The molecule has 0 fully saturated rings. The molecule has 4 rings (SSSR count). The first-order valence-corrected chi connectivity index (χ1v) is 8.75. The number of benzene rings is 1. The second kappa shape index (κ2) is 6.46. The van der Waals surface area contributed by atoms with E-state index in [9.17, 15) is 14.7 Å². The second-order valence-electron chi connectivity index (χ2n) is 6.82. The Balaban J connectivity index is 2.08. The fraction of sp³-hybridized carbons (Fsp3) is 0.250. The van der Waals surface area contributed by atoms with Crippen molar-refractivity contribution in [3.8, 4) is 18.2 Å². The van der Waals surface area contributed by atoms with Crippen LogP contribution in [0.25, 0.3) is 5.78 Å². The maximum absolute atomic E-state index is 13.1. The van der Waals surface area contributed by atoms with Gasteiger partial charge in [0.1, 0.15) is 0 Å². The van der Waals surface area contributed by atoms with Gasteiger partial charge in [0.25, 0.3) is 11.5 Å². The topological polar surface area (TPSA) is 83.1 Å². The highest BCUT2D eigenvalue weighted by Gasteiger charge is 2.33. The molecule has 8 nitrogen and oxygen atoms in total. The molecule has 1 aliphatic heterocycles. The van der Waals surface area contributed by atoms with Gasteiger partial charge in [0.2, 0.25) is 11.7 Å². The van der Waals surface area contributed by atoms with Crippen molar-refractivity contribution in [2.45, 2.75) is 13.0 Å². The predicted octanol–water partition coefficient (Wildman–Crippen LogP) is 0.905. The van der Waals surface area contributed by atoms with Gasteiger partial charge in [0.05, 0.1) is 18.8 Å². The van der Waals surface area contributed by atoms with E-state index in [2.05, 4.69) is 10.9 Å². The van der Waals surface area contributed by atoms with Gasteiger partial charge in [-0.1, -0.05) is 30.3 Å². The zero-order chi connectivity index (χ0) is 20.0. The van der Waals surface area contributed by atoms with Crippen LogP contribution in [0.5, 0.6) is 5.88 Å². The monoisotopic (exact) mass is 377 g/mol. The molecule has 3 aromatic rings. The van der Waals surface area contributed by atoms with E-state index in [-0.39, 0.29) is 41.8 Å². The van der Waals surface area contributed by atoms with Gasteiger partial charge in [-0.2, -0.15) is 4.98 Å². The summed E-state index contributed by atoms with van der Waals surface area (Å²) in [6.45, 7) is 0.628. The third-order valence-corrected chi connectivity index (χ3v) is 4.87. The molecule has 0 atom stereocenters. The molecule has 0 aliphatic carbocycles. The number of rotatable bonds is 3. The van der Waals surface area contributed by atoms with Crippen LogP contribution in [0.1, 0.15) is 21.6 Å². The number of imidazole rings is 1. The molecule has 0 bridgehead atoms. The van der Waals surface area contributed by atoms with Crippen LogP contribution in [0.15, 0.2) is 35.1 Å². The van der Waals surface area contributed by atoms with Crippen molar-refractivity contribution in [3.63, 3.8) is 0 Å². The van der Waals surface area contributed by atoms with Gasteiger partial charge in [-0.05, 0) is 5.56 Å². The highest BCUT2D eigenvalue weighted by molar-refractivity contribution is 6.00. The van der Waals surface area contributed by atoms with Gasteiger partial charge in [-0.25, -0.2) is 4.40 Å². The summed E-state index contributed by atoms with van der Waals surface area (Å²) in [4.78, 5) is 33.7. The van der Waals surface area contributed by atoms with E-state index < -0.39 is 5.56 Å². The Bertz CT molecular complexity index is 1190. The van der Waals surface area contributed by atoms with Gasteiger partial charge in [0.15, 0.2) is 11.5 Å². The predicted molar refractivity (Wildman–Crippen MR) is 105 cm³/mol. The number of anilines is 1. The van der Waals surface area contributed by atoms with Crippen molar-refractivity contribution < 1.29 is 9.90 Å². The Labute approximate surface area is 161 Å². The molecule has 142 valence electrons. The number of hydrogen-bond acceptors (Lipinski definition) is 5. The summed E-state index contributed by atoms with van der Waals surface area (Å²) >= 11 is 0. The zero-order valence-electron chi connectivity index (χ0n) is 15.6. The SMILES string of the molecule is C#CCc1c(O)n(Cc2ccccc2)c2nc3c(n2c1=O)C(=O)N(C)CN3C. The first-order valence-electron chi connectivity index (χ1n) is 8.75. The summed E-state index contributed by atoms with van der Waals surface area (Å²) in [5, 5.41) is 10.8. The van der Waals surface area contributed by atoms with Crippen LogP contribution in [-0.4, -0.2) is 50.6 Å². The molecule has 1 aromatic carbocycles. The maximum Gasteiger partial charge on any atom is 0.276 e. The molecule has 1 amide bonds. The first kappa shape index (κ1) is 17.7. The fourth-order valence-electron chi connectivity index (χ4n) is 3.52. The van der Waals surface area contributed by atoms with Crippen molar-refractivity contribution in [1.82, 2.24) is 18.9 Å². The van der Waals surface area contributed by atoms with Gasteiger partial charge in [0, 0.05) is 20.5 Å². The Kier molecular flexibility index (Phi) is 4.08. The van der Waals surface area contributed by atoms with Crippen LogP contribution in [0.3, 0.4) is 0 Å². The van der Waals surface area contributed by atoms with Crippen LogP contribution >= 0.6 is 0 Å². The number of aromatic hydroxyl groups is 1. The van der Waals surface area contributed by atoms with E-state index in [1.54, 1.807) is 19.0 Å². The minimum atomic E-state index is -0.527. The third kappa shape index (κ3) is 2.52. The average molecular weight is 377 g/mol. The van der Waals surface area contributed by atoms with E-state index in [0.29, 0.717) is 12.5 Å². The van der Waals surface area contributed by atoms with Crippen molar-refractivity contribution in [2.75, 3.05) is 25.7 Å². The minimum absolute atomic E-state index is 0.0534. The number of amides is 1. The number of carbonyl (C=O) groups excluding carboxylic acids is 1. The first-order chi connectivity index (χ1) is 13.4. The van der Waals surface area contributed by atoms with E-state index in [1.807, 2.05) is 30.3 Å². The molecular formula is C20H19N5O3. The lowest BCUT2D eigenvalue weighted by Gasteiger charge is -2.30. The van der Waals surface area contributed by atoms with Gasteiger partial charge in [-0.3, -0.25) is 14.2 Å². The minimum Gasteiger partial charge on any atom is -0.494 e. The maximum atomic E-state index is 13.1. The number of aromatic nitrogens is 3. The standard InChI is InChI=1S/C20H19N5O3/c1-4-8-14-17(26)24(11-13-9-6-5-7-10-13)20-21-16-15(25(20)18(14)27)19(28)23(3)12-22(16)2/h1,5-7,9-10,26H,8,11-12H2,2-3H3. The lowest BCUT2D eigenvalue weighted by molar-refractivity contribution is 0.0777. The van der Waals surface area contributed by atoms with E-state index in [4.69, 9.17) is 6.42 Å². The summed E-state index contributed by atoms with van der Waals surface area (Å²) < 4.78 is 2.78.